The number of hydrogen-bond acceptors (Lipinski definition) is 6. The van der Waals surface area contributed by atoms with Crippen LogP contribution < -0.4 is 15.4 Å². The molecule has 0 saturated heterocycles. The summed E-state index contributed by atoms with van der Waals surface area (Å²) in [4.78, 5) is 8.54. The van der Waals surface area contributed by atoms with Crippen LogP contribution in [-0.4, -0.2) is 24.1 Å². The molecular weight excluding hydrogens is 254 g/mol. The quantitative estimate of drug-likeness (QED) is 0.887. The number of methoxy groups -OCH3 is 1. The zero-order valence-electron chi connectivity index (χ0n) is 11.6. The predicted octanol–water partition coefficient (Wildman–Crippen LogP) is 2.45. The van der Waals surface area contributed by atoms with Gasteiger partial charge in [0.25, 0.3) is 0 Å². The Labute approximate surface area is 117 Å². The third kappa shape index (κ3) is 2.95. The first kappa shape index (κ1) is 13.6. The molecule has 20 heavy (non-hydrogen) atoms. The van der Waals surface area contributed by atoms with Crippen LogP contribution in [0.5, 0.6) is 5.75 Å². The molecule has 0 unspecified atom stereocenters. The highest BCUT2D eigenvalue weighted by Gasteiger charge is 2.07. The van der Waals surface area contributed by atoms with Crippen LogP contribution >= 0.6 is 0 Å². The van der Waals surface area contributed by atoms with Crippen molar-refractivity contribution in [3.63, 3.8) is 0 Å². The van der Waals surface area contributed by atoms with Crippen molar-refractivity contribution in [3.05, 3.63) is 35.5 Å². The molecule has 102 valence electrons. The molecule has 0 fully saturated rings. The fraction of sp³-hybridized carbons (Fsp3) is 0.214. The van der Waals surface area contributed by atoms with Gasteiger partial charge >= 0.3 is 0 Å². The molecule has 0 atom stereocenters. The second-order valence-corrected chi connectivity index (χ2v) is 4.12. The number of hydrogen-bond donors (Lipinski definition) is 2. The van der Waals surface area contributed by atoms with E-state index >= 15 is 0 Å². The average Bonchev–Trinajstić information content (AvgIpc) is 2.47. The molecule has 0 radical (unpaired) electrons. The lowest BCUT2D eigenvalue weighted by atomic mass is 10.2. The van der Waals surface area contributed by atoms with Crippen LogP contribution in [0, 0.1) is 18.3 Å². The van der Waals surface area contributed by atoms with E-state index < -0.39 is 0 Å². The van der Waals surface area contributed by atoms with Gasteiger partial charge in [0, 0.05) is 24.9 Å². The van der Waals surface area contributed by atoms with E-state index in [9.17, 15) is 0 Å². The number of nitrogens with one attached hydrogen (secondary N) is 2. The van der Waals surface area contributed by atoms with E-state index in [0.717, 1.165) is 11.4 Å². The van der Waals surface area contributed by atoms with E-state index in [1.807, 2.05) is 13.0 Å². The molecule has 1 aromatic carbocycles. The van der Waals surface area contributed by atoms with Gasteiger partial charge in [0.05, 0.1) is 24.4 Å². The van der Waals surface area contributed by atoms with Crippen molar-refractivity contribution in [2.75, 3.05) is 24.8 Å². The van der Waals surface area contributed by atoms with Gasteiger partial charge in [-0.05, 0) is 19.1 Å². The summed E-state index contributed by atoms with van der Waals surface area (Å²) in [6.07, 6.45) is 0. The van der Waals surface area contributed by atoms with Crippen molar-refractivity contribution in [1.82, 2.24) is 9.97 Å². The summed E-state index contributed by atoms with van der Waals surface area (Å²) in [5, 5.41) is 15.0. The van der Waals surface area contributed by atoms with E-state index in [1.54, 1.807) is 32.4 Å². The number of nitrogens with zero attached hydrogens (tertiary/aromatic N) is 3. The average molecular weight is 269 g/mol. The molecule has 0 aliphatic carbocycles. The Hall–Kier alpha value is -2.81. The van der Waals surface area contributed by atoms with Gasteiger partial charge in [-0.15, -0.1) is 0 Å². The molecular formula is C14H15N5O. The first-order valence-corrected chi connectivity index (χ1v) is 6.05. The highest BCUT2D eigenvalue weighted by molar-refractivity contribution is 5.66. The number of ether oxygens (including phenoxy) is 1. The van der Waals surface area contributed by atoms with Crippen LogP contribution in [-0.2, 0) is 0 Å². The second-order valence-electron chi connectivity index (χ2n) is 4.12. The summed E-state index contributed by atoms with van der Waals surface area (Å²) < 4.78 is 5.27. The van der Waals surface area contributed by atoms with Crippen molar-refractivity contribution < 1.29 is 4.74 Å². The van der Waals surface area contributed by atoms with E-state index in [-0.39, 0.29) is 0 Å². The molecule has 6 nitrogen and oxygen atoms in total. The van der Waals surface area contributed by atoms with Crippen LogP contribution in [0.2, 0.25) is 0 Å². The third-order valence-corrected chi connectivity index (χ3v) is 2.67. The van der Waals surface area contributed by atoms with Crippen LogP contribution in [0.15, 0.2) is 24.3 Å². The van der Waals surface area contributed by atoms with Crippen LogP contribution in [0.4, 0.5) is 17.5 Å². The van der Waals surface area contributed by atoms with E-state index in [0.29, 0.717) is 23.1 Å². The molecule has 2 aromatic rings. The molecule has 6 heteroatoms. The SMILES string of the molecule is CNc1nc(C)cc(Nc2ccc(C#N)cc2OC)n1. The smallest absolute Gasteiger partial charge is 0.224 e. The van der Waals surface area contributed by atoms with Gasteiger partial charge < -0.3 is 15.4 Å². The summed E-state index contributed by atoms with van der Waals surface area (Å²) in [6.45, 7) is 1.89. The van der Waals surface area contributed by atoms with Gasteiger partial charge in [-0.25, -0.2) is 4.98 Å². The van der Waals surface area contributed by atoms with Crippen molar-refractivity contribution in [1.29, 1.82) is 5.26 Å². The lowest BCUT2D eigenvalue weighted by Crippen LogP contribution is -2.02. The second kappa shape index (κ2) is 5.89. The summed E-state index contributed by atoms with van der Waals surface area (Å²) in [5.41, 5.74) is 2.13. The Morgan fingerprint density at radius 2 is 2.05 bits per heavy atom. The fourth-order valence-electron chi connectivity index (χ4n) is 1.75. The maximum atomic E-state index is 8.89. The molecule has 0 saturated carbocycles. The Morgan fingerprint density at radius 3 is 2.70 bits per heavy atom. The van der Waals surface area contributed by atoms with Crippen molar-refractivity contribution >= 4 is 17.5 Å². The molecule has 0 bridgehead atoms. The first-order chi connectivity index (χ1) is 9.66. The fourth-order valence-corrected chi connectivity index (χ4v) is 1.75. The monoisotopic (exact) mass is 269 g/mol. The van der Waals surface area contributed by atoms with Gasteiger partial charge in [-0.2, -0.15) is 10.2 Å². The van der Waals surface area contributed by atoms with Crippen molar-refractivity contribution in [3.8, 4) is 11.8 Å². The van der Waals surface area contributed by atoms with Crippen LogP contribution in [0.25, 0.3) is 0 Å². The summed E-state index contributed by atoms with van der Waals surface area (Å²) in [6, 6.07) is 9.09. The molecule has 1 aromatic heterocycles. The minimum atomic E-state index is 0.542. The van der Waals surface area contributed by atoms with E-state index in [4.69, 9.17) is 10.00 Å². The molecule has 0 spiro atoms. The van der Waals surface area contributed by atoms with Gasteiger partial charge in [0.2, 0.25) is 5.95 Å². The van der Waals surface area contributed by atoms with Gasteiger partial charge in [-0.3, -0.25) is 0 Å². The topological polar surface area (TPSA) is 82.9 Å². The molecule has 0 amide bonds. The normalized spacial score (nSPS) is 9.70. The number of benzene rings is 1. The number of aryl methyl sites for hydroxylation is 1. The Morgan fingerprint density at radius 1 is 1.25 bits per heavy atom. The molecule has 2 rings (SSSR count). The molecule has 1 heterocycles. The standard InChI is InChI=1S/C14H15N5O/c1-9-6-13(19-14(16-2)17-9)18-11-5-4-10(8-15)7-12(11)20-3/h4-7H,1-3H3,(H2,16,17,18,19). The summed E-state index contributed by atoms with van der Waals surface area (Å²) >= 11 is 0. The Balaban J connectivity index is 2.34. The number of aromatic nitrogens is 2. The predicted molar refractivity (Wildman–Crippen MR) is 77.3 cm³/mol. The van der Waals surface area contributed by atoms with E-state index in [2.05, 4.69) is 26.7 Å². The maximum absolute atomic E-state index is 8.89. The first-order valence-electron chi connectivity index (χ1n) is 6.05. The zero-order valence-corrected chi connectivity index (χ0v) is 11.6. The maximum Gasteiger partial charge on any atom is 0.224 e. The lowest BCUT2D eigenvalue weighted by molar-refractivity contribution is 0.416. The third-order valence-electron chi connectivity index (χ3n) is 2.67. The molecule has 0 aliphatic heterocycles. The number of rotatable bonds is 4. The van der Waals surface area contributed by atoms with Crippen LogP contribution in [0.1, 0.15) is 11.3 Å². The summed E-state index contributed by atoms with van der Waals surface area (Å²) in [7, 11) is 3.33. The Bertz CT molecular complexity index is 663. The highest BCUT2D eigenvalue weighted by atomic mass is 16.5. The van der Waals surface area contributed by atoms with Crippen LogP contribution in [0.3, 0.4) is 0 Å². The minimum Gasteiger partial charge on any atom is -0.495 e. The Kier molecular flexibility index (Phi) is 4.01. The zero-order chi connectivity index (χ0) is 14.5. The minimum absolute atomic E-state index is 0.542. The van der Waals surface area contributed by atoms with Gasteiger partial charge in [0.15, 0.2) is 0 Å². The van der Waals surface area contributed by atoms with Crippen molar-refractivity contribution in [2.24, 2.45) is 0 Å². The number of nitriles is 1. The van der Waals surface area contributed by atoms with E-state index in [1.165, 1.54) is 0 Å². The summed E-state index contributed by atoms with van der Waals surface area (Å²) in [5.74, 6) is 1.79. The van der Waals surface area contributed by atoms with Crippen molar-refractivity contribution in [2.45, 2.75) is 6.92 Å². The lowest BCUT2D eigenvalue weighted by Gasteiger charge is -2.12. The van der Waals surface area contributed by atoms with Gasteiger partial charge in [0.1, 0.15) is 11.6 Å². The number of anilines is 3. The molecule has 2 N–H and O–H groups in total. The molecule has 0 aliphatic rings. The highest BCUT2D eigenvalue weighted by Crippen LogP contribution is 2.28. The largest absolute Gasteiger partial charge is 0.495 e. The van der Waals surface area contributed by atoms with Gasteiger partial charge in [-0.1, -0.05) is 0 Å².